The number of rotatable bonds is 6. The van der Waals surface area contributed by atoms with Gasteiger partial charge in [-0.15, -0.1) is 12.2 Å². The van der Waals surface area contributed by atoms with E-state index in [-0.39, 0.29) is 35.3 Å². The van der Waals surface area contributed by atoms with Crippen molar-refractivity contribution in [3.05, 3.63) is 42.9 Å². The summed E-state index contributed by atoms with van der Waals surface area (Å²) in [5.74, 6) is 0. The van der Waals surface area contributed by atoms with Gasteiger partial charge in [0.05, 0.1) is 34.0 Å². The van der Waals surface area contributed by atoms with Crippen LogP contribution in [0.15, 0.2) is 29.9 Å². The van der Waals surface area contributed by atoms with Crippen molar-refractivity contribution in [3.8, 4) is 0 Å². The van der Waals surface area contributed by atoms with Crippen molar-refractivity contribution >= 4 is 15.8 Å². The maximum absolute atomic E-state index is 5.36. The molecule has 0 N–H and O–H groups in total. The van der Waals surface area contributed by atoms with Crippen LogP contribution in [0.25, 0.3) is 0 Å². The Hall–Kier alpha value is 0.483. The zero-order valence-corrected chi connectivity index (χ0v) is 33.7. The minimum atomic E-state index is -0.0465. The molecule has 0 aromatic rings. The van der Waals surface area contributed by atoms with Crippen molar-refractivity contribution in [2.24, 2.45) is 0 Å². The predicted octanol–water partition coefficient (Wildman–Crippen LogP) is 14.1. The van der Waals surface area contributed by atoms with Crippen LogP contribution in [0, 0.1) is 13.0 Å². The Morgan fingerprint density at radius 3 is 0.717 bits per heavy atom. The fourth-order valence-electron chi connectivity index (χ4n) is 11.1. The van der Waals surface area contributed by atoms with Crippen molar-refractivity contribution in [2.45, 2.75) is 227 Å². The van der Waals surface area contributed by atoms with Crippen LogP contribution in [-0.4, -0.2) is 34.0 Å². The van der Waals surface area contributed by atoms with Crippen LogP contribution in [0.3, 0.4) is 0 Å². The van der Waals surface area contributed by atoms with Crippen LogP contribution in [0.4, 0.5) is 0 Å². The van der Waals surface area contributed by atoms with Gasteiger partial charge in [-0.1, -0.05) is 45.1 Å². The minimum Gasteiger partial charge on any atom is -0.170 e. The first-order valence-electron chi connectivity index (χ1n) is 20.8. The summed E-state index contributed by atoms with van der Waals surface area (Å²) < 4.78 is 0. The normalized spacial score (nSPS) is 26.4. The second kappa shape index (κ2) is 23.1. The monoisotopic (exact) mass is 754 g/mol. The number of hydrogen-bond donors (Lipinski definition) is 0. The quantitative estimate of drug-likeness (QED) is 0.144. The van der Waals surface area contributed by atoms with Crippen molar-refractivity contribution in [3.63, 3.8) is 0 Å². The van der Waals surface area contributed by atoms with E-state index in [1.54, 1.807) is 193 Å². The van der Waals surface area contributed by atoms with Crippen molar-refractivity contribution in [2.75, 3.05) is 0 Å². The van der Waals surface area contributed by atoms with Crippen LogP contribution in [0.2, 0.25) is 0 Å². The van der Waals surface area contributed by atoms with Crippen molar-refractivity contribution in [1.82, 2.24) is 0 Å². The van der Waals surface area contributed by atoms with E-state index in [9.17, 15) is 0 Å². The molecule has 3 heteroatoms. The Balaban J connectivity index is 0.000000170. The van der Waals surface area contributed by atoms with Gasteiger partial charge < -0.3 is 0 Å². The zero-order valence-electron chi connectivity index (χ0n) is 30.0. The Kier molecular flexibility index (Phi) is 19.7. The van der Waals surface area contributed by atoms with Crippen LogP contribution >= 0.6 is 15.8 Å². The van der Waals surface area contributed by atoms with E-state index in [1.807, 2.05) is 30.7 Å². The predicted molar refractivity (Wildman–Crippen MR) is 208 cm³/mol. The SMILES string of the molecule is C1CCC([PH+](C2CCCCC2)C2CCCCC2)CC1.C1CCC([PH+](C2CCCCC2)C2CCCCC2)CC1.[CH+]=C1C=C[CH-]C=C1.[Ru]. The Bertz CT molecular complexity index is 690. The molecule has 0 aromatic heterocycles. The maximum atomic E-state index is 5.36. The van der Waals surface area contributed by atoms with Crippen LogP contribution in [0.1, 0.15) is 193 Å². The minimum absolute atomic E-state index is 0. The standard InChI is InChI=1S/2C18H33P.C7H6.Ru/c2*1-4-10-16(11-5-1)19(17-12-6-2-7-13-17)18-14-8-3-9-15-18;1-7-5-3-2-4-6-7;/h2*16-18H,1-15H2;1-6H;/p+2. The summed E-state index contributed by atoms with van der Waals surface area (Å²) in [5.41, 5.74) is 8.18. The molecule has 0 heterocycles. The molecule has 6 fully saturated rings. The van der Waals surface area contributed by atoms with Crippen LogP contribution < -0.4 is 0 Å². The summed E-state index contributed by atoms with van der Waals surface area (Å²) in [6.45, 7) is 5.36. The van der Waals surface area contributed by atoms with Gasteiger partial charge in [-0.25, -0.2) is 0 Å². The topological polar surface area (TPSA) is 0 Å². The fraction of sp³-hybridized carbons (Fsp3) is 0.837. The van der Waals surface area contributed by atoms with E-state index in [4.69, 9.17) is 6.58 Å². The molecule has 0 bridgehead atoms. The molecule has 0 aromatic carbocycles. The molecule has 0 amide bonds. The largest absolute Gasteiger partial charge is 0.170 e. The Morgan fingerprint density at radius 2 is 0.565 bits per heavy atom. The molecule has 0 atom stereocenters. The van der Waals surface area contributed by atoms with Crippen LogP contribution in [-0.2, 0) is 19.5 Å². The smallest absolute Gasteiger partial charge is 0.0680 e. The molecule has 7 rings (SSSR count). The maximum Gasteiger partial charge on any atom is 0.0680 e. The molecule has 0 spiro atoms. The summed E-state index contributed by atoms with van der Waals surface area (Å²) in [6.07, 6.45) is 57.1. The van der Waals surface area contributed by atoms with E-state index in [0.29, 0.717) is 0 Å². The Labute approximate surface area is 303 Å². The Morgan fingerprint density at radius 1 is 0.370 bits per heavy atom. The summed E-state index contributed by atoms with van der Waals surface area (Å²) in [5, 5.41) is 0. The summed E-state index contributed by atoms with van der Waals surface area (Å²) in [6, 6.07) is 0. The van der Waals surface area contributed by atoms with E-state index in [2.05, 4.69) is 0 Å². The average Bonchev–Trinajstić information content (AvgIpc) is 3.12. The second-order valence-corrected chi connectivity index (χ2v) is 23.3. The van der Waals surface area contributed by atoms with Gasteiger partial charge in [-0.3, -0.25) is 0 Å². The van der Waals surface area contributed by atoms with Crippen molar-refractivity contribution < 1.29 is 19.5 Å². The first-order chi connectivity index (χ1) is 22.3. The van der Waals surface area contributed by atoms with Crippen molar-refractivity contribution in [1.29, 1.82) is 0 Å². The molecule has 6 saturated carbocycles. The first kappa shape index (κ1) is 39.3. The molecular formula is C43H74P2Ru+2. The third kappa shape index (κ3) is 13.0. The molecule has 0 unspecified atom stereocenters. The summed E-state index contributed by atoms with van der Waals surface area (Å²) in [4.78, 5) is 0. The van der Waals surface area contributed by atoms with E-state index in [1.165, 1.54) is 34.0 Å². The molecule has 7 aliphatic carbocycles. The summed E-state index contributed by atoms with van der Waals surface area (Å²) in [7, 11) is -0.0930. The van der Waals surface area contributed by atoms with E-state index in [0.717, 1.165) is 5.57 Å². The van der Waals surface area contributed by atoms with Gasteiger partial charge in [0.2, 0.25) is 0 Å². The number of hydrogen-bond acceptors (Lipinski definition) is 0. The fourth-order valence-corrected chi connectivity index (χ4v) is 21.5. The van der Waals surface area contributed by atoms with Crippen LogP contribution in [0.5, 0.6) is 0 Å². The zero-order chi connectivity index (χ0) is 30.9. The third-order valence-electron chi connectivity index (χ3n) is 13.3. The molecule has 0 nitrogen and oxygen atoms in total. The second-order valence-electron chi connectivity index (χ2n) is 16.4. The van der Waals surface area contributed by atoms with Gasteiger partial charge in [0, 0.05) is 35.3 Å². The first-order valence-corrected chi connectivity index (χ1v) is 24.3. The molecule has 7 aliphatic rings. The molecule has 0 radical (unpaired) electrons. The number of allylic oxidation sites excluding steroid dienone is 5. The van der Waals surface area contributed by atoms with Gasteiger partial charge in [0.1, 0.15) is 0 Å². The molecule has 0 aliphatic heterocycles. The van der Waals surface area contributed by atoms with Gasteiger partial charge in [-0.05, 0) is 160 Å². The van der Waals surface area contributed by atoms with E-state index < -0.39 is 0 Å². The van der Waals surface area contributed by atoms with Gasteiger partial charge in [0.25, 0.3) is 0 Å². The van der Waals surface area contributed by atoms with E-state index >= 15 is 0 Å². The third-order valence-corrected chi connectivity index (χ3v) is 22.4. The van der Waals surface area contributed by atoms with Gasteiger partial charge in [0.15, 0.2) is 0 Å². The molecular weight excluding hydrogens is 679 g/mol. The average molecular weight is 754 g/mol. The van der Waals surface area contributed by atoms with Gasteiger partial charge >= 0.3 is 0 Å². The molecule has 0 saturated heterocycles. The molecule has 262 valence electrons. The van der Waals surface area contributed by atoms with Gasteiger partial charge in [-0.2, -0.15) is 18.6 Å². The molecule has 46 heavy (non-hydrogen) atoms. The summed E-state index contributed by atoms with van der Waals surface area (Å²) >= 11 is 0.